The van der Waals surface area contributed by atoms with Crippen molar-refractivity contribution in [3.8, 4) is 0 Å². The molecular formula is C12H21NO. The molecule has 1 aliphatic carbocycles. The third-order valence-corrected chi connectivity index (χ3v) is 4.12. The van der Waals surface area contributed by atoms with Crippen LogP contribution in [0.1, 0.15) is 39.0 Å². The van der Waals surface area contributed by atoms with Crippen LogP contribution in [0, 0.1) is 11.8 Å². The molecule has 2 fully saturated rings. The number of likely N-dealkylation sites (tertiary alicyclic amines) is 1. The number of ketones is 1. The van der Waals surface area contributed by atoms with E-state index >= 15 is 0 Å². The molecule has 1 saturated carbocycles. The van der Waals surface area contributed by atoms with Gasteiger partial charge in [0.15, 0.2) is 0 Å². The lowest BCUT2D eigenvalue weighted by Gasteiger charge is -2.43. The smallest absolute Gasteiger partial charge is 0.146 e. The van der Waals surface area contributed by atoms with Crippen LogP contribution in [0.2, 0.25) is 0 Å². The van der Waals surface area contributed by atoms with Crippen LogP contribution in [-0.4, -0.2) is 30.3 Å². The number of carbonyl (C=O) groups excluding carboxylic acids is 1. The van der Waals surface area contributed by atoms with Crippen molar-refractivity contribution in [1.82, 2.24) is 4.90 Å². The number of fused-ring (bicyclic) bond motifs is 1. The molecule has 1 aliphatic heterocycles. The van der Waals surface area contributed by atoms with E-state index in [1.165, 1.54) is 25.7 Å². The van der Waals surface area contributed by atoms with Gasteiger partial charge in [0.2, 0.25) is 0 Å². The van der Waals surface area contributed by atoms with Gasteiger partial charge in [-0.25, -0.2) is 0 Å². The lowest BCUT2D eigenvalue weighted by molar-refractivity contribution is -0.124. The molecule has 1 heterocycles. The summed E-state index contributed by atoms with van der Waals surface area (Å²) in [5.74, 6) is 2.08. The van der Waals surface area contributed by atoms with Gasteiger partial charge in [-0.2, -0.15) is 0 Å². The standard InChI is InChI=1S/C12H21NO/c1-9(14)12-7-10-5-3-4-6-11(10)8-13(12)2/h10-12H,3-8H2,1-2H3/t10?,11?,12-/m0/s1. The quantitative estimate of drug-likeness (QED) is 0.638. The summed E-state index contributed by atoms with van der Waals surface area (Å²) in [6, 6.07) is 0.217. The van der Waals surface area contributed by atoms with E-state index in [4.69, 9.17) is 0 Å². The lowest BCUT2D eigenvalue weighted by atomic mass is 9.72. The summed E-state index contributed by atoms with van der Waals surface area (Å²) in [6.45, 7) is 2.89. The third-order valence-electron chi connectivity index (χ3n) is 4.12. The van der Waals surface area contributed by atoms with Crippen LogP contribution in [0.4, 0.5) is 0 Å². The van der Waals surface area contributed by atoms with Crippen LogP contribution < -0.4 is 0 Å². The molecule has 80 valence electrons. The van der Waals surface area contributed by atoms with E-state index in [9.17, 15) is 4.79 Å². The monoisotopic (exact) mass is 195 g/mol. The number of hydrogen-bond donors (Lipinski definition) is 0. The van der Waals surface area contributed by atoms with Gasteiger partial charge in [0.05, 0.1) is 6.04 Å². The Morgan fingerprint density at radius 2 is 1.86 bits per heavy atom. The van der Waals surface area contributed by atoms with Crippen LogP contribution in [0.3, 0.4) is 0 Å². The van der Waals surface area contributed by atoms with E-state index in [0.29, 0.717) is 5.78 Å². The highest BCUT2D eigenvalue weighted by molar-refractivity contribution is 5.81. The summed E-state index contributed by atoms with van der Waals surface area (Å²) in [6.07, 6.45) is 6.66. The van der Waals surface area contributed by atoms with Crippen LogP contribution in [0.15, 0.2) is 0 Å². The van der Waals surface area contributed by atoms with E-state index in [0.717, 1.165) is 24.8 Å². The Kier molecular flexibility index (Phi) is 2.91. The Hall–Kier alpha value is -0.370. The number of carbonyl (C=O) groups is 1. The minimum atomic E-state index is 0.217. The highest BCUT2D eigenvalue weighted by Gasteiger charge is 2.36. The molecule has 0 spiro atoms. The molecule has 0 radical (unpaired) electrons. The third kappa shape index (κ3) is 1.85. The van der Waals surface area contributed by atoms with Crippen molar-refractivity contribution < 1.29 is 4.79 Å². The second-order valence-electron chi connectivity index (χ2n) is 5.11. The molecule has 0 aromatic carbocycles. The largest absolute Gasteiger partial charge is 0.298 e. The van der Waals surface area contributed by atoms with E-state index in [-0.39, 0.29) is 6.04 Å². The Labute approximate surface area is 86.7 Å². The SMILES string of the molecule is CC(=O)[C@@H]1CC2CCCCC2CN1C. The maximum Gasteiger partial charge on any atom is 0.146 e. The van der Waals surface area contributed by atoms with Gasteiger partial charge < -0.3 is 0 Å². The normalized spacial score (nSPS) is 39.1. The van der Waals surface area contributed by atoms with Crippen molar-refractivity contribution in [3.63, 3.8) is 0 Å². The van der Waals surface area contributed by atoms with Gasteiger partial charge in [0.1, 0.15) is 5.78 Å². The zero-order chi connectivity index (χ0) is 10.1. The predicted octanol–water partition coefficient (Wildman–Crippen LogP) is 2.09. The molecule has 2 nitrogen and oxygen atoms in total. The summed E-state index contributed by atoms with van der Waals surface area (Å²) < 4.78 is 0. The molecule has 0 aromatic rings. The molecule has 2 aliphatic rings. The number of piperidine rings is 1. The fraction of sp³-hybridized carbons (Fsp3) is 0.917. The van der Waals surface area contributed by atoms with Crippen molar-refractivity contribution in [1.29, 1.82) is 0 Å². The second kappa shape index (κ2) is 4.01. The van der Waals surface area contributed by atoms with Crippen LogP contribution >= 0.6 is 0 Å². The molecule has 2 rings (SSSR count). The molecule has 0 N–H and O–H groups in total. The summed E-state index contributed by atoms with van der Waals surface area (Å²) in [5, 5.41) is 0. The van der Waals surface area contributed by atoms with Gasteiger partial charge >= 0.3 is 0 Å². The Morgan fingerprint density at radius 3 is 2.50 bits per heavy atom. The topological polar surface area (TPSA) is 20.3 Å². The fourth-order valence-corrected chi connectivity index (χ4v) is 3.28. The molecule has 2 heteroatoms. The Bertz CT molecular complexity index is 226. The number of rotatable bonds is 1. The van der Waals surface area contributed by atoms with Gasteiger partial charge in [0.25, 0.3) is 0 Å². The first kappa shape index (κ1) is 10.2. The van der Waals surface area contributed by atoms with Gasteiger partial charge in [-0.05, 0) is 38.6 Å². The first-order valence-electron chi connectivity index (χ1n) is 5.89. The summed E-state index contributed by atoms with van der Waals surface area (Å²) in [5.41, 5.74) is 0. The molecule has 14 heavy (non-hydrogen) atoms. The average molecular weight is 195 g/mol. The molecule has 0 aromatic heterocycles. The molecule has 1 saturated heterocycles. The predicted molar refractivity (Wildman–Crippen MR) is 57.2 cm³/mol. The highest BCUT2D eigenvalue weighted by atomic mass is 16.1. The number of hydrogen-bond acceptors (Lipinski definition) is 2. The number of nitrogens with zero attached hydrogens (tertiary/aromatic N) is 1. The van der Waals surface area contributed by atoms with E-state index < -0.39 is 0 Å². The summed E-state index contributed by atoms with van der Waals surface area (Å²) in [4.78, 5) is 13.7. The van der Waals surface area contributed by atoms with Crippen molar-refractivity contribution in [3.05, 3.63) is 0 Å². The number of Topliss-reactive ketones (excluding diaryl/α,β-unsaturated/α-hetero) is 1. The minimum Gasteiger partial charge on any atom is -0.298 e. The molecule has 0 bridgehead atoms. The van der Waals surface area contributed by atoms with E-state index in [2.05, 4.69) is 11.9 Å². The van der Waals surface area contributed by atoms with Crippen molar-refractivity contribution in [2.24, 2.45) is 11.8 Å². The molecule has 3 atom stereocenters. The second-order valence-corrected chi connectivity index (χ2v) is 5.11. The first-order valence-corrected chi connectivity index (χ1v) is 5.89. The van der Waals surface area contributed by atoms with Crippen molar-refractivity contribution in [2.75, 3.05) is 13.6 Å². The van der Waals surface area contributed by atoms with Gasteiger partial charge in [0, 0.05) is 6.54 Å². The highest BCUT2D eigenvalue weighted by Crippen LogP contribution is 2.37. The first-order chi connectivity index (χ1) is 6.68. The van der Waals surface area contributed by atoms with E-state index in [1.54, 1.807) is 6.92 Å². The average Bonchev–Trinajstić information content (AvgIpc) is 2.16. The van der Waals surface area contributed by atoms with E-state index in [1.807, 2.05) is 0 Å². The molecule has 2 unspecified atom stereocenters. The fourth-order valence-electron chi connectivity index (χ4n) is 3.28. The van der Waals surface area contributed by atoms with Gasteiger partial charge in [-0.1, -0.05) is 19.3 Å². The molecule has 0 amide bonds. The van der Waals surface area contributed by atoms with Gasteiger partial charge in [-0.15, -0.1) is 0 Å². The van der Waals surface area contributed by atoms with Crippen LogP contribution in [0.25, 0.3) is 0 Å². The van der Waals surface area contributed by atoms with Crippen molar-refractivity contribution in [2.45, 2.75) is 45.1 Å². The lowest BCUT2D eigenvalue weighted by Crippen LogP contribution is -2.49. The Morgan fingerprint density at radius 1 is 1.21 bits per heavy atom. The number of likely N-dealkylation sites (N-methyl/N-ethyl adjacent to an activating group) is 1. The zero-order valence-electron chi connectivity index (χ0n) is 9.33. The summed E-state index contributed by atoms with van der Waals surface area (Å²) in [7, 11) is 2.11. The van der Waals surface area contributed by atoms with Crippen LogP contribution in [-0.2, 0) is 4.79 Å². The van der Waals surface area contributed by atoms with Crippen molar-refractivity contribution >= 4 is 5.78 Å². The summed E-state index contributed by atoms with van der Waals surface area (Å²) >= 11 is 0. The van der Waals surface area contributed by atoms with Gasteiger partial charge in [-0.3, -0.25) is 9.69 Å². The van der Waals surface area contributed by atoms with Crippen LogP contribution in [0.5, 0.6) is 0 Å². The Balaban J connectivity index is 2.03. The zero-order valence-corrected chi connectivity index (χ0v) is 9.33. The minimum absolute atomic E-state index is 0.217. The maximum absolute atomic E-state index is 11.4. The molecular weight excluding hydrogens is 174 g/mol. The maximum atomic E-state index is 11.4.